The maximum atomic E-state index is 9.72. The van der Waals surface area contributed by atoms with E-state index >= 15 is 0 Å². The third-order valence-electron chi connectivity index (χ3n) is 5.84. The number of ether oxygens (including phenoxy) is 3. The first-order chi connectivity index (χ1) is 14.3. The van der Waals surface area contributed by atoms with E-state index in [0.29, 0.717) is 17.9 Å². The molecule has 1 aromatic carbocycles. The van der Waals surface area contributed by atoms with Crippen molar-refractivity contribution in [3.8, 4) is 17.2 Å². The lowest BCUT2D eigenvalue weighted by atomic mass is 9.86. The molecule has 164 valence electrons. The molecule has 0 amide bonds. The third-order valence-corrected chi connectivity index (χ3v) is 5.84. The second kappa shape index (κ2) is 9.13. The van der Waals surface area contributed by atoms with E-state index in [9.17, 15) is 5.21 Å². The minimum atomic E-state index is -0.0206. The average Bonchev–Trinajstić information content (AvgIpc) is 3.17. The number of fused-ring (bicyclic) bond motifs is 2. The minimum Gasteiger partial charge on any atom is -0.492 e. The highest BCUT2D eigenvalue weighted by Gasteiger charge is 2.34. The summed E-state index contributed by atoms with van der Waals surface area (Å²) >= 11 is 0. The lowest BCUT2D eigenvalue weighted by molar-refractivity contribution is 0.170. The Hall–Kier alpha value is -2.47. The Morgan fingerprint density at radius 2 is 2.13 bits per heavy atom. The number of hydrogen-bond donors (Lipinski definition) is 1. The van der Waals surface area contributed by atoms with E-state index in [1.807, 2.05) is 6.08 Å². The zero-order chi connectivity index (χ0) is 21.9. The number of rotatable bonds is 7. The Kier molecular flexibility index (Phi) is 6.76. The van der Waals surface area contributed by atoms with Crippen molar-refractivity contribution in [2.45, 2.75) is 53.0 Å². The summed E-state index contributed by atoms with van der Waals surface area (Å²) in [6.07, 6.45) is 8.73. The van der Waals surface area contributed by atoms with Crippen LogP contribution in [0.2, 0.25) is 0 Å². The van der Waals surface area contributed by atoms with Gasteiger partial charge in [-0.1, -0.05) is 36.7 Å². The van der Waals surface area contributed by atoms with Gasteiger partial charge in [0, 0.05) is 24.6 Å². The predicted octanol–water partition coefficient (Wildman–Crippen LogP) is 5.11. The summed E-state index contributed by atoms with van der Waals surface area (Å²) in [6, 6.07) is 2.09. The highest BCUT2D eigenvalue weighted by Crippen LogP contribution is 2.50. The van der Waals surface area contributed by atoms with Crippen LogP contribution in [0.1, 0.15) is 57.7 Å². The number of allylic oxidation sites excluding steroid dienone is 4. The molecule has 6 nitrogen and oxygen atoms in total. The Morgan fingerprint density at radius 1 is 1.37 bits per heavy atom. The predicted molar refractivity (Wildman–Crippen MR) is 119 cm³/mol. The van der Waals surface area contributed by atoms with E-state index in [1.165, 1.54) is 11.1 Å². The molecule has 2 heterocycles. The zero-order valence-electron chi connectivity index (χ0n) is 19.0. The Morgan fingerprint density at radius 3 is 2.80 bits per heavy atom. The van der Waals surface area contributed by atoms with Gasteiger partial charge in [-0.3, -0.25) is 4.90 Å². The van der Waals surface area contributed by atoms with Crippen LogP contribution in [0.3, 0.4) is 0 Å². The van der Waals surface area contributed by atoms with Crippen LogP contribution in [0.15, 0.2) is 35.0 Å². The summed E-state index contributed by atoms with van der Waals surface area (Å²) in [7, 11) is 3.75. The van der Waals surface area contributed by atoms with E-state index in [4.69, 9.17) is 14.2 Å². The second-order valence-corrected chi connectivity index (χ2v) is 9.07. The maximum Gasteiger partial charge on any atom is 0.231 e. The van der Waals surface area contributed by atoms with Gasteiger partial charge in [-0.2, -0.15) is 0 Å². The molecule has 0 aliphatic carbocycles. The van der Waals surface area contributed by atoms with Crippen LogP contribution in [0.5, 0.6) is 17.2 Å². The summed E-state index contributed by atoms with van der Waals surface area (Å²) in [5.74, 6) is 2.13. The molecule has 1 atom stereocenters. The van der Waals surface area contributed by atoms with Gasteiger partial charge in [0.05, 0.1) is 12.8 Å². The molecule has 0 saturated heterocycles. The number of benzene rings is 1. The first kappa shape index (κ1) is 22.2. The normalized spacial score (nSPS) is 19.1. The van der Waals surface area contributed by atoms with Gasteiger partial charge in [0.1, 0.15) is 0 Å². The average molecular weight is 415 g/mol. The molecule has 3 rings (SSSR count). The summed E-state index contributed by atoms with van der Waals surface area (Å²) in [6.45, 7) is 9.70. The van der Waals surface area contributed by atoms with Crippen molar-refractivity contribution in [2.24, 2.45) is 10.6 Å². The van der Waals surface area contributed by atoms with E-state index in [2.05, 4.69) is 63.0 Å². The standard InChI is InChI=1S/C24H34N2O4/c1-16(2)7-10-24(3,4)11-8-18(25-27)14-19-21-17(9-12-26(19)5)13-20-22(23(21)28-6)30-15-29-20/h7-8,11,13,19,27H,9-10,12,14-15H2,1-6H3. The molecule has 2 aliphatic heterocycles. The summed E-state index contributed by atoms with van der Waals surface area (Å²) in [5.41, 5.74) is 4.22. The van der Waals surface area contributed by atoms with Crippen molar-refractivity contribution in [2.75, 3.05) is 27.5 Å². The smallest absolute Gasteiger partial charge is 0.231 e. The lowest BCUT2D eigenvalue weighted by Gasteiger charge is -2.35. The van der Waals surface area contributed by atoms with E-state index < -0.39 is 0 Å². The Labute approximate surface area is 179 Å². The minimum absolute atomic E-state index is 0.0206. The molecule has 2 aliphatic rings. The van der Waals surface area contributed by atoms with Gasteiger partial charge in [0.2, 0.25) is 12.5 Å². The van der Waals surface area contributed by atoms with Gasteiger partial charge in [0.15, 0.2) is 11.5 Å². The molecule has 1 unspecified atom stereocenters. The topological polar surface area (TPSA) is 63.5 Å². The number of hydrogen-bond acceptors (Lipinski definition) is 6. The monoisotopic (exact) mass is 414 g/mol. The summed E-state index contributed by atoms with van der Waals surface area (Å²) in [4.78, 5) is 2.28. The fourth-order valence-electron chi connectivity index (χ4n) is 3.98. The van der Waals surface area contributed by atoms with E-state index in [-0.39, 0.29) is 18.2 Å². The van der Waals surface area contributed by atoms with Crippen LogP contribution >= 0.6 is 0 Å². The van der Waals surface area contributed by atoms with Gasteiger partial charge in [-0.15, -0.1) is 0 Å². The van der Waals surface area contributed by atoms with Crippen LogP contribution in [-0.4, -0.2) is 43.3 Å². The Bertz CT molecular complexity index is 866. The van der Waals surface area contributed by atoms with E-state index in [0.717, 1.165) is 36.4 Å². The molecular weight excluding hydrogens is 380 g/mol. The third kappa shape index (κ3) is 4.81. The molecule has 0 fully saturated rings. The van der Waals surface area contributed by atoms with Gasteiger partial charge >= 0.3 is 0 Å². The quantitative estimate of drug-likeness (QED) is 0.291. The van der Waals surface area contributed by atoms with Crippen molar-refractivity contribution in [1.29, 1.82) is 0 Å². The Balaban J connectivity index is 1.88. The van der Waals surface area contributed by atoms with Gasteiger partial charge in [-0.05, 0) is 56.9 Å². The number of likely N-dealkylation sites (N-methyl/N-ethyl adjacent to an activating group) is 1. The summed E-state index contributed by atoms with van der Waals surface area (Å²) in [5, 5.41) is 13.3. The molecule has 30 heavy (non-hydrogen) atoms. The molecule has 0 radical (unpaired) electrons. The molecule has 0 bridgehead atoms. The molecule has 6 heteroatoms. The maximum absolute atomic E-state index is 9.72. The van der Waals surface area contributed by atoms with Crippen LogP contribution in [-0.2, 0) is 6.42 Å². The van der Waals surface area contributed by atoms with E-state index in [1.54, 1.807) is 7.11 Å². The van der Waals surface area contributed by atoms with Crippen molar-refractivity contribution in [1.82, 2.24) is 4.90 Å². The molecule has 1 N–H and O–H groups in total. The van der Waals surface area contributed by atoms with Crippen LogP contribution in [0.25, 0.3) is 0 Å². The lowest BCUT2D eigenvalue weighted by Crippen LogP contribution is -2.33. The molecule has 0 aromatic heterocycles. The van der Waals surface area contributed by atoms with Crippen LogP contribution in [0, 0.1) is 5.41 Å². The number of oxime groups is 1. The second-order valence-electron chi connectivity index (χ2n) is 9.07. The van der Waals surface area contributed by atoms with Crippen molar-refractivity contribution in [3.63, 3.8) is 0 Å². The van der Waals surface area contributed by atoms with Crippen molar-refractivity contribution >= 4 is 5.71 Å². The number of methoxy groups -OCH3 is 1. The largest absolute Gasteiger partial charge is 0.492 e. The SMILES string of the molecule is COc1c2c(cc3c1C(CC(C=CC(C)(C)CC=C(C)C)=NO)N(C)CC3)OCO2. The fraction of sp³-hybridized carbons (Fsp3) is 0.542. The molecular formula is C24H34N2O4. The first-order valence-electron chi connectivity index (χ1n) is 10.5. The van der Waals surface area contributed by atoms with Crippen LogP contribution in [0.4, 0.5) is 0 Å². The first-order valence-corrected chi connectivity index (χ1v) is 10.5. The van der Waals surface area contributed by atoms with Gasteiger partial charge in [0.25, 0.3) is 0 Å². The van der Waals surface area contributed by atoms with Crippen molar-refractivity contribution < 1.29 is 19.4 Å². The zero-order valence-corrected chi connectivity index (χ0v) is 19.0. The van der Waals surface area contributed by atoms with Crippen molar-refractivity contribution in [3.05, 3.63) is 41.0 Å². The molecule has 1 aromatic rings. The van der Waals surface area contributed by atoms with Crippen LogP contribution < -0.4 is 14.2 Å². The summed E-state index contributed by atoms with van der Waals surface area (Å²) < 4.78 is 17.0. The fourth-order valence-corrected chi connectivity index (χ4v) is 3.98. The van der Waals surface area contributed by atoms with Gasteiger partial charge in [-0.25, -0.2) is 0 Å². The molecule has 0 spiro atoms. The highest BCUT2D eigenvalue weighted by atomic mass is 16.7. The number of nitrogens with zero attached hydrogens (tertiary/aromatic N) is 2. The van der Waals surface area contributed by atoms with Gasteiger partial charge < -0.3 is 19.4 Å². The highest BCUT2D eigenvalue weighted by molar-refractivity contribution is 5.95. The molecule has 0 saturated carbocycles.